The van der Waals surface area contributed by atoms with Gasteiger partial charge < -0.3 is 5.32 Å². The molecule has 0 saturated carbocycles. The summed E-state index contributed by atoms with van der Waals surface area (Å²) in [7, 11) is -1.89. The van der Waals surface area contributed by atoms with Crippen LogP contribution in [0.1, 0.15) is 61.6 Å². The number of amides is 3. The lowest BCUT2D eigenvalue weighted by molar-refractivity contribution is -0.138. The predicted molar refractivity (Wildman–Crippen MR) is 197 cm³/mol. The average molecular weight is 766 g/mol. The van der Waals surface area contributed by atoms with Gasteiger partial charge in [0, 0.05) is 63.5 Å². The lowest BCUT2D eigenvalue weighted by Crippen LogP contribution is -2.49. The van der Waals surface area contributed by atoms with Crippen molar-refractivity contribution in [1.29, 1.82) is 0 Å². The molecule has 7 rings (SSSR count). The second-order valence-electron chi connectivity index (χ2n) is 14.2. The molecule has 0 radical (unpaired) electrons. The zero-order chi connectivity index (χ0) is 38.2. The third-order valence-corrected chi connectivity index (χ3v) is 12.3. The highest BCUT2D eigenvalue weighted by Crippen LogP contribution is 2.34. The van der Waals surface area contributed by atoms with E-state index in [1.54, 1.807) is 22.9 Å². The largest absolute Gasteiger partial charge is 0.419 e. The van der Waals surface area contributed by atoms with Crippen LogP contribution in [-0.2, 0) is 28.0 Å². The number of nitrogens with zero attached hydrogens (tertiary/aromatic N) is 7. The molecule has 2 aromatic heterocycles. The van der Waals surface area contributed by atoms with E-state index in [0.29, 0.717) is 31.1 Å². The van der Waals surface area contributed by atoms with Gasteiger partial charge in [-0.1, -0.05) is 29.8 Å². The van der Waals surface area contributed by atoms with Gasteiger partial charge in [0.25, 0.3) is 0 Å². The molecule has 2 aromatic carbocycles. The molecule has 5 heterocycles. The fraction of sp³-hybridized carbons (Fsp3) is 0.432. The highest BCUT2D eigenvalue weighted by Gasteiger charge is 2.33. The van der Waals surface area contributed by atoms with Gasteiger partial charge in [-0.3, -0.25) is 24.6 Å². The zero-order valence-electron chi connectivity index (χ0n) is 30.0. The number of piperidine rings is 2. The van der Waals surface area contributed by atoms with Gasteiger partial charge in [-0.25, -0.2) is 23.2 Å². The lowest BCUT2D eigenvalue weighted by Gasteiger charge is -2.32. The Bertz CT molecular complexity index is 2170. The minimum Gasteiger partial charge on any atom is -0.351 e. The van der Waals surface area contributed by atoms with Crippen molar-refractivity contribution in [3.8, 4) is 0 Å². The van der Waals surface area contributed by atoms with E-state index in [9.17, 15) is 31.2 Å². The van der Waals surface area contributed by atoms with Crippen LogP contribution in [-0.4, -0.2) is 94.6 Å². The maximum absolute atomic E-state index is 13.6. The molecule has 3 aliphatic heterocycles. The van der Waals surface area contributed by atoms with Crippen molar-refractivity contribution in [3.05, 3.63) is 77.1 Å². The van der Waals surface area contributed by atoms with Crippen LogP contribution in [0.4, 0.5) is 29.7 Å². The van der Waals surface area contributed by atoms with Gasteiger partial charge in [0.15, 0.2) is 5.82 Å². The summed E-state index contributed by atoms with van der Waals surface area (Å²) in [4.78, 5) is 35.8. The summed E-state index contributed by atoms with van der Waals surface area (Å²) in [6.07, 6.45) is 2.09. The number of anilines is 2. The first-order valence-electron chi connectivity index (χ1n) is 18.0. The number of imide groups is 1. The van der Waals surface area contributed by atoms with E-state index >= 15 is 0 Å². The van der Waals surface area contributed by atoms with Crippen LogP contribution in [0.15, 0.2) is 65.3 Å². The Labute approximate surface area is 311 Å². The van der Waals surface area contributed by atoms with E-state index in [1.165, 1.54) is 14.8 Å². The van der Waals surface area contributed by atoms with Crippen LogP contribution in [0.2, 0.25) is 0 Å². The number of carbonyl (C=O) groups is 2. The molecule has 0 spiro atoms. The number of sulfonamides is 1. The second kappa shape index (κ2) is 15.1. The van der Waals surface area contributed by atoms with Crippen LogP contribution in [0.3, 0.4) is 0 Å². The van der Waals surface area contributed by atoms with Gasteiger partial charge in [-0.15, -0.1) is 0 Å². The molecule has 4 aromatic rings. The monoisotopic (exact) mass is 765 g/mol. The minimum absolute atomic E-state index is 0.0771. The standard InChI is InChI=1S/C37H42F3N9O4S/c1-24(23-47-13-8-26(9-14-47)27-6-7-31-32(20-27)46(2)45-34(31)49-17-12-33(50)44-36(49)51)18-25-4-3-5-30(19-25)54(52,53)48-15-10-29(11-16-48)43-35-41-21-28(22-42-35)37(38,39)40/h3-7,18-22,26,29H,8-17,23H2,1-2H3,(H,41,42,43)(H,44,50,51)/b24-18+. The van der Waals surface area contributed by atoms with Crippen molar-refractivity contribution >= 4 is 50.7 Å². The van der Waals surface area contributed by atoms with Crippen LogP contribution >= 0.6 is 0 Å². The molecule has 13 nitrogen and oxygen atoms in total. The number of aromatic nitrogens is 4. The summed E-state index contributed by atoms with van der Waals surface area (Å²) in [5, 5.41) is 10.9. The number of hydrogen-bond acceptors (Lipinski definition) is 9. The second-order valence-corrected chi connectivity index (χ2v) is 16.1. The van der Waals surface area contributed by atoms with E-state index < -0.39 is 27.8 Å². The molecule has 3 amide bonds. The fourth-order valence-corrected chi connectivity index (χ4v) is 8.99. The van der Waals surface area contributed by atoms with Gasteiger partial charge >= 0.3 is 12.2 Å². The molecule has 286 valence electrons. The fourth-order valence-electron chi connectivity index (χ4n) is 7.47. The first-order valence-corrected chi connectivity index (χ1v) is 19.4. The Kier molecular flexibility index (Phi) is 10.5. The van der Waals surface area contributed by atoms with Gasteiger partial charge in [0.2, 0.25) is 21.9 Å². The summed E-state index contributed by atoms with van der Waals surface area (Å²) in [6.45, 7) is 5.45. The summed E-state index contributed by atoms with van der Waals surface area (Å²) < 4.78 is 68.9. The normalized spacial score (nSPS) is 19.1. The average Bonchev–Trinajstić information content (AvgIpc) is 3.47. The number of halogens is 3. The Hall–Kier alpha value is -4.87. The van der Waals surface area contributed by atoms with Crippen LogP contribution in [0.25, 0.3) is 17.0 Å². The third-order valence-electron chi connectivity index (χ3n) is 10.4. The molecule has 0 unspecified atom stereocenters. The summed E-state index contributed by atoms with van der Waals surface area (Å²) in [5.41, 5.74) is 3.16. The Morgan fingerprint density at radius 2 is 1.70 bits per heavy atom. The number of benzene rings is 2. The van der Waals surface area contributed by atoms with Gasteiger partial charge in [0.05, 0.1) is 16.0 Å². The Morgan fingerprint density at radius 1 is 0.981 bits per heavy atom. The van der Waals surface area contributed by atoms with E-state index in [1.807, 2.05) is 25.3 Å². The van der Waals surface area contributed by atoms with Crippen molar-refractivity contribution in [2.75, 3.05) is 49.5 Å². The topological polar surface area (TPSA) is 146 Å². The zero-order valence-corrected chi connectivity index (χ0v) is 30.8. The number of likely N-dealkylation sites (tertiary alicyclic amines) is 1. The van der Waals surface area contributed by atoms with Crippen molar-refractivity contribution < 1.29 is 31.2 Å². The highest BCUT2D eigenvalue weighted by molar-refractivity contribution is 7.89. The number of alkyl halides is 3. The number of carbonyl (C=O) groups excluding carboxylic acids is 2. The third kappa shape index (κ3) is 8.12. The van der Waals surface area contributed by atoms with E-state index in [0.717, 1.165) is 66.9 Å². The number of urea groups is 1. The van der Waals surface area contributed by atoms with Crippen LogP contribution in [0.5, 0.6) is 0 Å². The number of fused-ring (bicyclic) bond motifs is 1. The molecule has 3 aliphatic rings. The maximum Gasteiger partial charge on any atom is 0.419 e. The van der Waals surface area contributed by atoms with Gasteiger partial charge in [-0.2, -0.15) is 22.6 Å². The molecular formula is C37H42F3N9O4S. The predicted octanol–water partition coefficient (Wildman–Crippen LogP) is 5.38. The summed E-state index contributed by atoms with van der Waals surface area (Å²) >= 11 is 0. The van der Waals surface area contributed by atoms with Crippen molar-refractivity contribution in [3.63, 3.8) is 0 Å². The molecule has 0 aliphatic carbocycles. The van der Waals surface area contributed by atoms with Crippen LogP contribution < -0.4 is 15.5 Å². The summed E-state index contributed by atoms with van der Waals surface area (Å²) in [6, 6.07) is 12.6. The van der Waals surface area contributed by atoms with Crippen LogP contribution in [0, 0.1) is 0 Å². The highest BCUT2D eigenvalue weighted by atomic mass is 32.2. The quantitative estimate of drug-likeness (QED) is 0.230. The Morgan fingerprint density at radius 3 is 2.39 bits per heavy atom. The van der Waals surface area contributed by atoms with E-state index in [-0.39, 0.29) is 42.3 Å². The maximum atomic E-state index is 13.6. The SMILES string of the molecule is C/C(=C\c1cccc(S(=O)(=O)N2CCC(Nc3ncc(C(F)(F)F)cn3)CC2)c1)CN1CCC(c2ccc3c(N4CCC(=O)NC4=O)nn(C)c3c2)CC1. The van der Waals surface area contributed by atoms with Gasteiger partial charge in [0.1, 0.15) is 0 Å². The number of aryl methyl sites for hydroxylation is 1. The minimum atomic E-state index is -4.52. The molecule has 2 N–H and O–H groups in total. The van der Waals surface area contributed by atoms with E-state index in [2.05, 4.69) is 49.7 Å². The van der Waals surface area contributed by atoms with Crippen molar-refractivity contribution in [2.45, 2.75) is 62.1 Å². The molecule has 17 heteroatoms. The number of nitrogens with one attached hydrogen (secondary N) is 2. The molecule has 0 bridgehead atoms. The number of hydrogen-bond donors (Lipinski definition) is 2. The first kappa shape index (κ1) is 37.4. The Balaban J connectivity index is 0.919. The molecule has 3 saturated heterocycles. The van der Waals surface area contributed by atoms with Gasteiger partial charge in [-0.05, 0) is 87.0 Å². The van der Waals surface area contributed by atoms with Crippen molar-refractivity contribution in [2.24, 2.45) is 7.05 Å². The smallest absolute Gasteiger partial charge is 0.351 e. The van der Waals surface area contributed by atoms with E-state index in [4.69, 9.17) is 0 Å². The molecular weight excluding hydrogens is 724 g/mol. The van der Waals surface area contributed by atoms with Crippen molar-refractivity contribution in [1.82, 2.24) is 34.3 Å². The summed E-state index contributed by atoms with van der Waals surface area (Å²) in [5.74, 6) is 0.727. The number of rotatable bonds is 9. The molecule has 0 atom stereocenters. The molecule has 3 fully saturated rings. The molecule has 54 heavy (non-hydrogen) atoms. The first-order chi connectivity index (χ1) is 25.7. The lowest BCUT2D eigenvalue weighted by atomic mass is 9.89.